The molecule has 0 aliphatic carbocycles. The molecule has 1 aromatic rings. The molecule has 0 unspecified atom stereocenters. The van der Waals surface area contributed by atoms with Crippen molar-refractivity contribution in [2.45, 2.75) is 38.6 Å². The molecule has 5 nitrogen and oxygen atoms in total. The Hall–Kier alpha value is -1.30. The number of esters is 1. The second kappa shape index (κ2) is 7.33. The molecule has 0 atom stereocenters. The van der Waals surface area contributed by atoms with Crippen LogP contribution in [0.25, 0.3) is 0 Å². The van der Waals surface area contributed by atoms with Crippen molar-refractivity contribution in [2.24, 2.45) is 0 Å². The predicted octanol–water partition coefficient (Wildman–Crippen LogP) is 2.61. The molecule has 6 heteroatoms. The summed E-state index contributed by atoms with van der Waals surface area (Å²) in [7, 11) is 1.39. The Balaban J connectivity index is 3.03. The summed E-state index contributed by atoms with van der Waals surface area (Å²) in [5.74, 6) is 1.88. The van der Waals surface area contributed by atoms with Crippen LogP contribution in [0, 0.1) is 6.92 Å². The van der Waals surface area contributed by atoms with Crippen molar-refractivity contribution in [2.75, 3.05) is 24.7 Å². The van der Waals surface area contributed by atoms with Gasteiger partial charge >= 0.3 is 5.97 Å². The topological polar surface area (TPSA) is 64.1 Å². The van der Waals surface area contributed by atoms with E-state index >= 15 is 0 Å². The minimum atomic E-state index is -0.251. The van der Waals surface area contributed by atoms with E-state index in [1.165, 1.54) is 18.9 Å². The molecule has 0 aliphatic heterocycles. The van der Waals surface area contributed by atoms with Crippen molar-refractivity contribution in [1.29, 1.82) is 0 Å². The third-order valence-electron chi connectivity index (χ3n) is 2.53. The summed E-state index contributed by atoms with van der Waals surface area (Å²) in [5.41, 5.74) is 0.972. The van der Waals surface area contributed by atoms with E-state index in [0.717, 1.165) is 28.8 Å². The summed E-state index contributed by atoms with van der Waals surface area (Å²) in [6.45, 7) is 8.89. The van der Waals surface area contributed by atoms with E-state index in [2.05, 4.69) is 33.9 Å². The van der Waals surface area contributed by atoms with Crippen LogP contribution in [-0.2, 0) is 9.53 Å². The van der Waals surface area contributed by atoms with Crippen molar-refractivity contribution < 1.29 is 9.53 Å². The van der Waals surface area contributed by atoms with Crippen LogP contribution < -0.4 is 5.32 Å². The molecule has 0 aliphatic rings. The lowest BCUT2D eigenvalue weighted by molar-refractivity contribution is -0.137. The van der Waals surface area contributed by atoms with Gasteiger partial charge in [-0.25, -0.2) is 9.97 Å². The van der Waals surface area contributed by atoms with Gasteiger partial charge in [0.05, 0.1) is 12.9 Å². The first-order chi connectivity index (χ1) is 8.99. The molecular formula is C13H21N3O2S. The maximum Gasteiger partial charge on any atom is 0.316 e. The number of anilines is 1. The molecule has 0 amide bonds. The van der Waals surface area contributed by atoms with Crippen LogP contribution in [0.2, 0.25) is 0 Å². The van der Waals surface area contributed by atoms with Crippen LogP contribution in [0.4, 0.5) is 5.82 Å². The second-order valence-corrected chi connectivity index (χ2v) is 5.37. The van der Waals surface area contributed by atoms with E-state index < -0.39 is 0 Å². The molecular weight excluding hydrogens is 262 g/mol. The number of methoxy groups -OCH3 is 1. The van der Waals surface area contributed by atoms with E-state index in [1.807, 2.05) is 13.8 Å². The quantitative estimate of drug-likeness (QED) is 0.492. The van der Waals surface area contributed by atoms with Crippen molar-refractivity contribution in [3.8, 4) is 0 Å². The van der Waals surface area contributed by atoms with Gasteiger partial charge in [-0.1, -0.05) is 25.6 Å². The molecule has 1 rings (SSSR count). The number of aromatic nitrogens is 2. The standard InChI is InChI=1S/C13H21N3O2S/c1-6-14-12-9(4)13(19-7-10(17)18-5)16-11(15-12)8(2)3/h8H,6-7H2,1-5H3,(H,14,15,16). The lowest BCUT2D eigenvalue weighted by atomic mass is 10.2. The van der Waals surface area contributed by atoms with E-state index in [1.54, 1.807) is 0 Å². The number of thioether (sulfide) groups is 1. The highest BCUT2D eigenvalue weighted by molar-refractivity contribution is 7.99. The molecule has 0 bridgehead atoms. The van der Waals surface area contributed by atoms with E-state index in [-0.39, 0.29) is 17.6 Å². The highest BCUT2D eigenvalue weighted by atomic mass is 32.2. The molecule has 0 saturated carbocycles. The maximum atomic E-state index is 11.2. The molecule has 0 saturated heterocycles. The average molecular weight is 283 g/mol. The number of rotatable bonds is 6. The lowest BCUT2D eigenvalue weighted by Crippen LogP contribution is -2.10. The van der Waals surface area contributed by atoms with Crippen molar-refractivity contribution in [3.63, 3.8) is 0 Å². The first-order valence-electron chi connectivity index (χ1n) is 6.31. The zero-order valence-electron chi connectivity index (χ0n) is 12.1. The van der Waals surface area contributed by atoms with Crippen molar-refractivity contribution in [1.82, 2.24) is 9.97 Å². The summed E-state index contributed by atoms with van der Waals surface area (Å²) in [5, 5.41) is 4.07. The third-order valence-corrected chi connectivity index (χ3v) is 3.58. The van der Waals surface area contributed by atoms with Crippen LogP contribution in [0.1, 0.15) is 38.1 Å². The average Bonchev–Trinajstić information content (AvgIpc) is 2.39. The van der Waals surface area contributed by atoms with Gasteiger partial charge in [0.1, 0.15) is 16.7 Å². The molecule has 0 spiro atoms. The summed E-state index contributed by atoms with van der Waals surface area (Å²) in [6.07, 6.45) is 0. The molecule has 1 heterocycles. The molecule has 0 fully saturated rings. The Morgan fingerprint density at radius 2 is 2.11 bits per heavy atom. The number of hydrogen-bond acceptors (Lipinski definition) is 6. The molecule has 19 heavy (non-hydrogen) atoms. The van der Waals surface area contributed by atoms with Gasteiger partial charge < -0.3 is 10.1 Å². The Kier molecular flexibility index (Phi) is 6.08. The lowest BCUT2D eigenvalue weighted by Gasteiger charge is -2.14. The second-order valence-electron chi connectivity index (χ2n) is 4.41. The highest BCUT2D eigenvalue weighted by Gasteiger charge is 2.14. The zero-order chi connectivity index (χ0) is 14.4. The number of nitrogens with one attached hydrogen (secondary N) is 1. The maximum absolute atomic E-state index is 11.2. The number of ether oxygens (including phenoxy) is 1. The van der Waals surface area contributed by atoms with Gasteiger partial charge in [-0.15, -0.1) is 0 Å². The van der Waals surface area contributed by atoms with Crippen LogP contribution in [-0.4, -0.2) is 35.3 Å². The molecule has 1 N–H and O–H groups in total. The molecule has 1 aromatic heterocycles. The Morgan fingerprint density at radius 1 is 1.42 bits per heavy atom. The zero-order valence-corrected chi connectivity index (χ0v) is 12.9. The number of carbonyl (C=O) groups is 1. The number of carbonyl (C=O) groups excluding carboxylic acids is 1. The summed E-state index contributed by atoms with van der Waals surface area (Å²) >= 11 is 1.39. The first-order valence-corrected chi connectivity index (χ1v) is 7.30. The van der Waals surface area contributed by atoms with Gasteiger partial charge in [-0.2, -0.15) is 0 Å². The molecule has 0 radical (unpaired) electrons. The van der Waals surface area contributed by atoms with Crippen LogP contribution in [0.3, 0.4) is 0 Å². The largest absolute Gasteiger partial charge is 0.468 e. The van der Waals surface area contributed by atoms with E-state index in [0.29, 0.717) is 0 Å². The normalized spacial score (nSPS) is 10.6. The van der Waals surface area contributed by atoms with Crippen molar-refractivity contribution >= 4 is 23.5 Å². The Morgan fingerprint density at radius 3 is 2.63 bits per heavy atom. The van der Waals surface area contributed by atoms with Gasteiger partial charge in [0, 0.05) is 18.0 Å². The van der Waals surface area contributed by atoms with Crippen LogP contribution in [0.5, 0.6) is 0 Å². The van der Waals surface area contributed by atoms with Gasteiger partial charge in [-0.3, -0.25) is 4.79 Å². The Bertz CT molecular complexity index is 450. The summed E-state index contributed by atoms with van der Waals surface area (Å²) in [4.78, 5) is 20.3. The number of nitrogens with zero attached hydrogens (tertiary/aromatic N) is 2. The SMILES string of the molecule is CCNc1nc(C(C)C)nc(SCC(=O)OC)c1C. The third kappa shape index (κ3) is 4.38. The van der Waals surface area contributed by atoms with Crippen LogP contribution >= 0.6 is 11.8 Å². The smallest absolute Gasteiger partial charge is 0.316 e. The summed E-state index contributed by atoms with van der Waals surface area (Å²) < 4.78 is 4.65. The van der Waals surface area contributed by atoms with Crippen LogP contribution in [0.15, 0.2) is 5.03 Å². The van der Waals surface area contributed by atoms with E-state index in [9.17, 15) is 4.79 Å². The Labute approximate surface area is 118 Å². The minimum Gasteiger partial charge on any atom is -0.468 e. The number of hydrogen-bond donors (Lipinski definition) is 1. The first kappa shape index (κ1) is 15.8. The molecule has 0 aromatic carbocycles. The molecule has 106 valence electrons. The van der Waals surface area contributed by atoms with Gasteiger partial charge in [-0.05, 0) is 13.8 Å². The van der Waals surface area contributed by atoms with Crippen molar-refractivity contribution in [3.05, 3.63) is 11.4 Å². The highest BCUT2D eigenvalue weighted by Crippen LogP contribution is 2.27. The van der Waals surface area contributed by atoms with Gasteiger partial charge in [0.25, 0.3) is 0 Å². The van der Waals surface area contributed by atoms with E-state index in [4.69, 9.17) is 0 Å². The van der Waals surface area contributed by atoms with Gasteiger partial charge in [0.15, 0.2) is 0 Å². The summed E-state index contributed by atoms with van der Waals surface area (Å²) in [6, 6.07) is 0. The predicted molar refractivity (Wildman–Crippen MR) is 77.8 cm³/mol. The fourth-order valence-electron chi connectivity index (χ4n) is 1.44. The minimum absolute atomic E-state index is 0.246. The fourth-order valence-corrected chi connectivity index (χ4v) is 2.28. The van der Waals surface area contributed by atoms with Gasteiger partial charge in [0.2, 0.25) is 0 Å². The monoisotopic (exact) mass is 283 g/mol. The fraction of sp³-hybridized carbons (Fsp3) is 0.615.